The number of carbonyl (C=O) groups is 1. The number of hydrogen-bond acceptors (Lipinski definition) is 4. The zero-order chi connectivity index (χ0) is 20.8. The molecule has 0 radical (unpaired) electrons. The number of ether oxygens (including phenoxy) is 1. The molecule has 0 aliphatic carbocycles. The van der Waals surface area contributed by atoms with Crippen LogP contribution in [0.1, 0.15) is 32.8 Å². The van der Waals surface area contributed by atoms with Gasteiger partial charge in [-0.1, -0.05) is 32.9 Å². The van der Waals surface area contributed by atoms with Gasteiger partial charge in [0, 0.05) is 12.2 Å². The minimum atomic E-state index is -3.74. The maximum atomic E-state index is 11.9. The molecule has 2 aromatic carbocycles. The Bertz CT molecular complexity index is 887. The van der Waals surface area contributed by atoms with Crippen molar-refractivity contribution in [1.29, 1.82) is 0 Å². The molecule has 8 heteroatoms. The Kier molecular flexibility index (Phi) is 7.04. The monoisotopic (exact) mass is 405 g/mol. The van der Waals surface area contributed by atoms with Crippen molar-refractivity contribution in [2.45, 2.75) is 37.5 Å². The summed E-state index contributed by atoms with van der Waals surface area (Å²) in [7, 11) is -3.74. The summed E-state index contributed by atoms with van der Waals surface area (Å²) in [5, 5.41) is 10.4. The maximum Gasteiger partial charge on any atom is 0.319 e. The highest BCUT2D eigenvalue weighted by Gasteiger charge is 2.13. The topological polar surface area (TPSA) is 111 Å². The summed E-state index contributed by atoms with van der Waals surface area (Å²) in [5.41, 5.74) is 1.82. The van der Waals surface area contributed by atoms with E-state index in [4.69, 9.17) is 9.88 Å². The first-order valence-corrected chi connectivity index (χ1v) is 10.5. The predicted octanol–water partition coefficient (Wildman–Crippen LogP) is 3.22. The molecule has 0 spiro atoms. The first-order valence-electron chi connectivity index (χ1n) is 8.97. The quantitative estimate of drug-likeness (QED) is 0.614. The fourth-order valence-electron chi connectivity index (χ4n) is 2.42. The van der Waals surface area contributed by atoms with Gasteiger partial charge in [0.25, 0.3) is 0 Å². The molecule has 0 fully saturated rings. The minimum Gasteiger partial charge on any atom is -0.494 e. The van der Waals surface area contributed by atoms with Crippen LogP contribution in [0.15, 0.2) is 53.4 Å². The van der Waals surface area contributed by atoms with Gasteiger partial charge >= 0.3 is 6.03 Å². The zero-order valence-electron chi connectivity index (χ0n) is 16.4. The SMILES string of the molecule is CC(C)(C)c1ccc(OCCCNC(=O)Nc2ccc(S(N)(=O)=O)cc2)cc1. The molecule has 2 amide bonds. The first kappa shape index (κ1) is 21.7. The van der Waals surface area contributed by atoms with Gasteiger partial charge < -0.3 is 15.4 Å². The van der Waals surface area contributed by atoms with Crippen molar-refractivity contribution in [3.8, 4) is 5.75 Å². The van der Waals surface area contributed by atoms with Gasteiger partial charge in [-0.3, -0.25) is 0 Å². The Labute approximate surface area is 166 Å². The van der Waals surface area contributed by atoms with Gasteiger partial charge in [0.15, 0.2) is 0 Å². The Balaban J connectivity index is 1.68. The van der Waals surface area contributed by atoms with Crippen molar-refractivity contribution in [3.63, 3.8) is 0 Å². The van der Waals surface area contributed by atoms with Gasteiger partial charge in [-0.25, -0.2) is 18.4 Å². The lowest BCUT2D eigenvalue weighted by Gasteiger charge is -2.19. The van der Waals surface area contributed by atoms with Crippen molar-refractivity contribution in [3.05, 3.63) is 54.1 Å². The van der Waals surface area contributed by atoms with E-state index in [-0.39, 0.29) is 16.3 Å². The van der Waals surface area contributed by atoms with E-state index in [1.54, 1.807) is 0 Å². The van der Waals surface area contributed by atoms with Crippen LogP contribution < -0.4 is 20.5 Å². The number of sulfonamides is 1. The fraction of sp³-hybridized carbons (Fsp3) is 0.350. The minimum absolute atomic E-state index is 0.00820. The maximum absolute atomic E-state index is 11.9. The average Bonchev–Trinajstić information content (AvgIpc) is 2.61. The number of carbonyl (C=O) groups excluding carboxylic acids is 1. The smallest absolute Gasteiger partial charge is 0.319 e. The summed E-state index contributed by atoms with van der Waals surface area (Å²) in [4.78, 5) is 11.8. The molecular formula is C20H27N3O4S. The van der Waals surface area contributed by atoms with Crippen molar-refractivity contribution >= 4 is 21.7 Å². The molecule has 0 heterocycles. The summed E-state index contributed by atoms with van der Waals surface area (Å²) in [6.07, 6.45) is 0.652. The van der Waals surface area contributed by atoms with Crippen LogP contribution in [0.25, 0.3) is 0 Å². The van der Waals surface area contributed by atoms with Crippen LogP contribution in [0.5, 0.6) is 5.75 Å². The van der Waals surface area contributed by atoms with E-state index in [2.05, 4.69) is 43.5 Å². The van der Waals surface area contributed by atoms with E-state index in [0.29, 0.717) is 25.3 Å². The highest BCUT2D eigenvalue weighted by Crippen LogP contribution is 2.24. The van der Waals surface area contributed by atoms with E-state index >= 15 is 0 Å². The van der Waals surface area contributed by atoms with Gasteiger partial charge in [-0.2, -0.15) is 0 Å². The molecule has 28 heavy (non-hydrogen) atoms. The van der Waals surface area contributed by atoms with E-state index in [0.717, 1.165) is 5.75 Å². The summed E-state index contributed by atoms with van der Waals surface area (Å²) in [6.45, 7) is 7.41. The molecule has 0 bridgehead atoms. The van der Waals surface area contributed by atoms with Crippen LogP contribution in [0, 0.1) is 0 Å². The molecule has 0 saturated carbocycles. The van der Waals surface area contributed by atoms with Crippen molar-refractivity contribution in [1.82, 2.24) is 5.32 Å². The molecule has 7 nitrogen and oxygen atoms in total. The second-order valence-electron chi connectivity index (χ2n) is 7.43. The molecule has 0 saturated heterocycles. The van der Waals surface area contributed by atoms with Gasteiger partial charge in [0.1, 0.15) is 5.75 Å². The lowest BCUT2D eigenvalue weighted by molar-refractivity contribution is 0.250. The molecule has 2 rings (SSSR count). The Morgan fingerprint density at radius 2 is 1.64 bits per heavy atom. The summed E-state index contributed by atoms with van der Waals surface area (Å²) >= 11 is 0. The average molecular weight is 406 g/mol. The largest absolute Gasteiger partial charge is 0.494 e. The number of primary sulfonamides is 1. The van der Waals surface area contributed by atoms with Crippen LogP contribution in [-0.2, 0) is 15.4 Å². The number of nitrogens with one attached hydrogen (secondary N) is 2. The predicted molar refractivity (Wildman–Crippen MR) is 110 cm³/mol. The van der Waals surface area contributed by atoms with Crippen LogP contribution in [0.3, 0.4) is 0 Å². The number of amides is 2. The number of urea groups is 1. The van der Waals surface area contributed by atoms with E-state index in [1.807, 2.05) is 12.1 Å². The molecule has 0 aromatic heterocycles. The summed E-state index contributed by atoms with van der Waals surface area (Å²) in [5.74, 6) is 0.799. The molecule has 0 aliphatic rings. The van der Waals surface area contributed by atoms with Crippen LogP contribution in [0.4, 0.5) is 10.5 Å². The van der Waals surface area contributed by atoms with Gasteiger partial charge in [0.2, 0.25) is 10.0 Å². The molecule has 0 unspecified atom stereocenters. The highest BCUT2D eigenvalue weighted by atomic mass is 32.2. The Hall–Kier alpha value is -2.58. The fourth-order valence-corrected chi connectivity index (χ4v) is 2.93. The third-order valence-corrected chi connectivity index (χ3v) is 4.97. The molecule has 0 atom stereocenters. The molecule has 4 N–H and O–H groups in total. The second-order valence-corrected chi connectivity index (χ2v) is 8.99. The second kappa shape index (κ2) is 9.07. The number of hydrogen-bond donors (Lipinski definition) is 3. The van der Waals surface area contributed by atoms with E-state index < -0.39 is 10.0 Å². The standard InChI is InChI=1S/C20H27N3O4S/c1-20(2,3)15-5-9-17(10-6-15)27-14-4-13-22-19(24)23-16-7-11-18(12-8-16)28(21,25)26/h5-12H,4,13-14H2,1-3H3,(H2,21,25,26)(H2,22,23,24). The van der Waals surface area contributed by atoms with E-state index in [9.17, 15) is 13.2 Å². The van der Waals surface area contributed by atoms with Crippen LogP contribution in [-0.4, -0.2) is 27.6 Å². The van der Waals surface area contributed by atoms with Crippen LogP contribution >= 0.6 is 0 Å². The molecule has 152 valence electrons. The zero-order valence-corrected chi connectivity index (χ0v) is 17.2. The number of nitrogens with two attached hydrogens (primary N) is 1. The summed E-state index contributed by atoms with van der Waals surface area (Å²) in [6, 6.07) is 13.3. The normalized spacial score (nSPS) is 11.7. The van der Waals surface area contributed by atoms with Crippen LogP contribution in [0.2, 0.25) is 0 Å². The lowest BCUT2D eigenvalue weighted by Crippen LogP contribution is -2.30. The third kappa shape index (κ3) is 6.86. The third-order valence-electron chi connectivity index (χ3n) is 4.04. The molecular weight excluding hydrogens is 378 g/mol. The first-order chi connectivity index (χ1) is 13.1. The highest BCUT2D eigenvalue weighted by molar-refractivity contribution is 7.89. The summed E-state index contributed by atoms with van der Waals surface area (Å²) < 4.78 is 28.1. The molecule has 2 aromatic rings. The number of rotatable bonds is 7. The van der Waals surface area contributed by atoms with Gasteiger partial charge in [-0.15, -0.1) is 0 Å². The molecule has 0 aliphatic heterocycles. The van der Waals surface area contributed by atoms with Crippen molar-refractivity contribution in [2.75, 3.05) is 18.5 Å². The van der Waals surface area contributed by atoms with E-state index in [1.165, 1.54) is 29.8 Å². The van der Waals surface area contributed by atoms with Gasteiger partial charge in [0.05, 0.1) is 11.5 Å². The van der Waals surface area contributed by atoms with Gasteiger partial charge in [-0.05, 0) is 53.8 Å². The number of benzene rings is 2. The Morgan fingerprint density at radius 1 is 1.04 bits per heavy atom. The van der Waals surface area contributed by atoms with Crippen molar-refractivity contribution < 1.29 is 17.9 Å². The Morgan fingerprint density at radius 3 is 2.18 bits per heavy atom. The lowest BCUT2D eigenvalue weighted by atomic mass is 9.87. The van der Waals surface area contributed by atoms with Crippen molar-refractivity contribution in [2.24, 2.45) is 5.14 Å². The number of anilines is 1.